The first-order chi connectivity index (χ1) is 17.1. The number of nitrogens with one attached hydrogen (secondary N) is 1. The molecule has 4 atom stereocenters. The lowest BCUT2D eigenvalue weighted by Crippen LogP contribution is -2.34. The first-order valence-corrected chi connectivity index (χ1v) is 14.2. The Hall–Kier alpha value is -2.04. The predicted octanol–water partition coefficient (Wildman–Crippen LogP) is 5.21. The molecule has 188 valence electrons. The monoisotopic (exact) mass is 494 g/mol. The van der Waals surface area contributed by atoms with E-state index in [0.717, 1.165) is 81.7 Å². The van der Waals surface area contributed by atoms with E-state index in [1.807, 2.05) is 18.3 Å². The first kappa shape index (κ1) is 24.6. The second-order valence-electron chi connectivity index (χ2n) is 10.6. The van der Waals surface area contributed by atoms with Crippen molar-refractivity contribution in [3.05, 3.63) is 53.0 Å². The highest BCUT2D eigenvalue weighted by Crippen LogP contribution is 2.41. The van der Waals surface area contributed by atoms with Crippen molar-refractivity contribution in [3.8, 4) is 0 Å². The number of aliphatic carboxylic acids is 1. The van der Waals surface area contributed by atoms with Crippen LogP contribution in [0.15, 0.2) is 30.5 Å². The lowest BCUT2D eigenvalue weighted by molar-refractivity contribution is -0.143. The van der Waals surface area contributed by atoms with Gasteiger partial charge in [-0.1, -0.05) is 25.0 Å². The highest BCUT2D eigenvalue weighted by Gasteiger charge is 2.38. The molecule has 0 spiro atoms. The summed E-state index contributed by atoms with van der Waals surface area (Å²) < 4.78 is 0. The van der Waals surface area contributed by atoms with E-state index in [1.54, 1.807) is 0 Å². The van der Waals surface area contributed by atoms with Gasteiger partial charge in [-0.05, 0) is 87.2 Å². The summed E-state index contributed by atoms with van der Waals surface area (Å²) >= 11 is 0. The third-order valence-corrected chi connectivity index (χ3v) is 9.17. The Labute approximate surface area is 211 Å². The standard InChI is InChI=1S/C28H39N4O2P/c33-28(34)26(23-10-5-15-29-25(23)19-6-3-7-19)32-17-14-21(18-32)24(35)11-2-1-9-22-13-12-20-8-4-16-30-27(20)31-22/h5,10,12-13,15,19,21,24,26H,1-4,6-9,11,14,16-18,35H2,(H,30,31)(H,33,34)/t21?,24-,26-/m0/s1. The van der Waals surface area contributed by atoms with Crippen LogP contribution in [0.3, 0.4) is 0 Å². The zero-order valence-corrected chi connectivity index (χ0v) is 21.8. The summed E-state index contributed by atoms with van der Waals surface area (Å²) in [5, 5.41) is 13.6. The fourth-order valence-electron chi connectivity index (χ4n) is 6.00. The van der Waals surface area contributed by atoms with Gasteiger partial charge in [0.05, 0.1) is 0 Å². The van der Waals surface area contributed by atoms with Crippen LogP contribution in [0.4, 0.5) is 5.82 Å². The van der Waals surface area contributed by atoms with E-state index in [9.17, 15) is 9.90 Å². The normalized spacial score (nSPS) is 22.1. The third-order valence-electron chi connectivity index (χ3n) is 8.29. The molecule has 1 aliphatic carbocycles. The van der Waals surface area contributed by atoms with E-state index < -0.39 is 12.0 Å². The van der Waals surface area contributed by atoms with E-state index in [0.29, 0.717) is 17.5 Å². The SMILES string of the molecule is O=C(O)[C@H](c1cccnc1C1CCC1)N1CCC([C@@H](P)CCCCc2ccc3c(n2)NCCC3)C1. The molecular weight excluding hydrogens is 455 g/mol. The number of aryl methyl sites for hydroxylation is 2. The number of hydrogen-bond donors (Lipinski definition) is 2. The molecule has 4 heterocycles. The van der Waals surface area contributed by atoms with E-state index in [1.165, 1.54) is 30.5 Å². The molecule has 35 heavy (non-hydrogen) atoms. The van der Waals surface area contributed by atoms with Crippen LogP contribution >= 0.6 is 9.24 Å². The average molecular weight is 495 g/mol. The van der Waals surface area contributed by atoms with Gasteiger partial charge in [0, 0.05) is 42.2 Å². The molecule has 2 N–H and O–H groups in total. The van der Waals surface area contributed by atoms with Crippen molar-refractivity contribution in [2.45, 2.75) is 81.8 Å². The minimum Gasteiger partial charge on any atom is -0.480 e. The van der Waals surface area contributed by atoms with Crippen LogP contribution in [0.5, 0.6) is 0 Å². The van der Waals surface area contributed by atoms with Crippen molar-refractivity contribution in [1.82, 2.24) is 14.9 Å². The summed E-state index contributed by atoms with van der Waals surface area (Å²) in [7, 11) is 3.07. The summed E-state index contributed by atoms with van der Waals surface area (Å²) in [6.45, 7) is 2.72. The Bertz CT molecular complexity index is 1030. The Kier molecular flexibility index (Phi) is 7.99. The molecule has 0 radical (unpaired) electrons. The molecule has 7 heteroatoms. The van der Waals surface area contributed by atoms with Crippen LogP contribution in [0.1, 0.15) is 85.8 Å². The van der Waals surface area contributed by atoms with Crippen LogP contribution < -0.4 is 5.32 Å². The number of carboxylic acids is 1. The third kappa shape index (κ3) is 5.70. The van der Waals surface area contributed by atoms with Crippen LogP contribution in [0.2, 0.25) is 0 Å². The van der Waals surface area contributed by atoms with Gasteiger partial charge >= 0.3 is 5.97 Å². The Morgan fingerprint density at radius 1 is 1.20 bits per heavy atom. The van der Waals surface area contributed by atoms with Gasteiger partial charge in [0.1, 0.15) is 11.9 Å². The lowest BCUT2D eigenvalue weighted by atomic mass is 9.80. The number of nitrogens with zero attached hydrogens (tertiary/aromatic N) is 3. The van der Waals surface area contributed by atoms with Crippen LogP contribution in [-0.2, 0) is 17.6 Å². The molecule has 6 nitrogen and oxygen atoms in total. The maximum Gasteiger partial charge on any atom is 0.325 e. The number of anilines is 1. The van der Waals surface area contributed by atoms with Gasteiger partial charge in [0.2, 0.25) is 0 Å². The molecule has 0 amide bonds. The second-order valence-corrected chi connectivity index (χ2v) is 11.5. The largest absolute Gasteiger partial charge is 0.480 e. The number of aromatic nitrogens is 2. The molecule has 2 fully saturated rings. The van der Waals surface area contributed by atoms with Crippen molar-refractivity contribution >= 4 is 21.0 Å². The number of likely N-dealkylation sites (tertiary alicyclic amines) is 1. The number of fused-ring (bicyclic) bond motifs is 1. The summed E-state index contributed by atoms with van der Waals surface area (Å²) in [6, 6.07) is 7.75. The number of hydrogen-bond acceptors (Lipinski definition) is 5. The average Bonchev–Trinajstić information content (AvgIpc) is 3.31. The fourth-order valence-corrected chi connectivity index (χ4v) is 6.55. The molecule has 3 aliphatic rings. The first-order valence-electron chi connectivity index (χ1n) is 13.5. The molecule has 2 unspecified atom stereocenters. The molecule has 5 rings (SSSR count). The summed E-state index contributed by atoms with van der Waals surface area (Å²) in [5.74, 6) is 1.30. The van der Waals surface area contributed by atoms with E-state index in [-0.39, 0.29) is 0 Å². The van der Waals surface area contributed by atoms with Gasteiger partial charge in [-0.15, -0.1) is 9.24 Å². The number of unbranched alkanes of at least 4 members (excludes halogenated alkanes) is 1. The smallest absolute Gasteiger partial charge is 0.325 e. The topological polar surface area (TPSA) is 78.3 Å². The quantitative estimate of drug-likeness (QED) is 0.349. The zero-order chi connectivity index (χ0) is 24.2. The molecule has 2 aromatic heterocycles. The van der Waals surface area contributed by atoms with Gasteiger partial charge in [0.15, 0.2) is 0 Å². The van der Waals surface area contributed by atoms with Crippen LogP contribution in [0.25, 0.3) is 0 Å². The Morgan fingerprint density at radius 2 is 2.09 bits per heavy atom. The van der Waals surface area contributed by atoms with Crippen molar-refractivity contribution in [2.75, 3.05) is 25.0 Å². The second kappa shape index (κ2) is 11.3. The lowest BCUT2D eigenvalue weighted by Gasteiger charge is -2.31. The highest BCUT2D eigenvalue weighted by atomic mass is 31.0. The van der Waals surface area contributed by atoms with Gasteiger partial charge < -0.3 is 10.4 Å². The van der Waals surface area contributed by atoms with Crippen LogP contribution in [-0.4, -0.2) is 51.2 Å². The number of rotatable bonds is 10. The minimum absolute atomic E-state index is 0.432. The maximum absolute atomic E-state index is 12.4. The predicted molar refractivity (Wildman–Crippen MR) is 143 cm³/mol. The molecule has 2 aliphatic heterocycles. The maximum atomic E-state index is 12.4. The number of carbonyl (C=O) groups is 1. The minimum atomic E-state index is -0.744. The van der Waals surface area contributed by atoms with Gasteiger partial charge in [-0.2, -0.15) is 0 Å². The van der Waals surface area contributed by atoms with E-state index in [2.05, 4.69) is 36.6 Å². The Morgan fingerprint density at radius 3 is 2.89 bits per heavy atom. The number of pyridine rings is 2. The molecule has 0 aromatic carbocycles. The van der Waals surface area contributed by atoms with Crippen molar-refractivity contribution in [2.24, 2.45) is 5.92 Å². The summed E-state index contributed by atoms with van der Waals surface area (Å²) in [4.78, 5) is 24.0. The highest BCUT2D eigenvalue weighted by molar-refractivity contribution is 7.17. The molecule has 1 saturated heterocycles. The molecule has 2 aromatic rings. The molecule has 0 bridgehead atoms. The number of carboxylic acid groups (broad SMARTS) is 1. The van der Waals surface area contributed by atoms with Gasteiger partial charge in [0.25, 0.3) is 0 Å². The van der Waals surface area contributed by atoms with Crippen LogP contribution in [0, 0.1) is 5.92 Å². The van der Waals surface area contributed by atoms with Crippen molar-refractivity contribution in [3.63, 3.8) is 0 Å². The summed E-state index contributed by atoms with van der Waals surface area (Å²) in [5.41, 5.74) is 4.99. The molecular formula is C28H39N4O2P. The summed E-state index contributed by atoms with van der Waals surface area (Å²) in [6.07, 6.45) is 13.2. The fraction of sp³-hybridized carbons (Fsp3) is 0.607. The zero-order valence-electron chi connectivity index (χ0n) is 20.7. The van der Waals surface area contributed by atoms with Gasteiger partial charge in [-0.25, -0.2) is 4.98 Å². The van der Waals surface area contributed by atoms with Crippen molar-refractivity contribution < 1.29 is 9.90 Å². The van der Waals surface area contributed by atoms with Crippen molar-refractivity contribution in [1.29, 1.82) is 0 Å². The van der Waals surface area contributed by atoms with E-state index in [4.69, 9.17) is 4.98 Å². The van der Waals surface area contributed by atoms with E-state index >= 15 is 0 Å². The van der Waals surface area contributed by atoms with Gasteiger partial charge in [-0.3, -0.25) is 14.7 Å². The molecule has 1 saturated carbocycles. The Balaban J connectivity index is 1.13.